The number of thiophene rings is 1. The Morgan fingerprint density at radius 1 is 0.983 bits per heavy atom. The van der Waals surface area contributed by atoms with E-state index in [1.165, 1.54) is 9.78 Å². The number of aliphatic hydroxyl groups excluding tert-OH is 1. The highest BCUT2D eigenvalue weighted by Crippen LogP contribution is 2.37. The molecule has 2 saturated heterocycles. The summed E-state index contributed by atoms with van der Waals surface area (Å²) in [6.07, 6.45) is 1.50. The minimum atomic E-state index is -0.940. The van der Waals surface area contributed by atoms with Crippen molar-refractivity contribution in [1.29, 1.82) is 0 Å². The number of β-amino-alcohol motifs (C(OH)–C–C–N with tert-alkyl or cyclic N) is 1. The third-order valence-corrected chi connectivity index (χ3v) is 13.4. The smallest absolute Gasteiger partial charge is 0.246 e. The predicted octanol–water partition coefficient (Wildman–Crippen LogP) is 6.18. The molecule has 3 atom stereocenters. The number of aliphatic hydroxyl groups is 1. The van der Waals surface area contributed by atoms with Crippen molar-refractivity contribution in [1.82, 2.24) is 35.6 Å². The number of hydrogen-bond acceptors (Lipinski definition) is 11. The fourth-order valence-electron chi connectivity index (χ4n) is 7.88. The zero-order valence-electron chi connectivity index (χ0n) is 33.8. The number of amides is 4. The second kappa shape index (κ2) is 17.9. The quantitative estimate of drug-likeness (QED) is 0.114. The highest BCUT2D eigenvalue weighted by atomic mass is 32.1. The lowest BCUT2D eigenvalue weighted by molar-refractivity contribution is -0.144. The van der Waals surface area contributed by atoms with E-state index in [9.17, 15) is 29.4 Å². The van der Waals surface area contributed by atoms with Crippen LogP contribution in [0.15, 0.2) is 66.2 Å². The third kappa shape index (κ3) is 9.80. The summed E-state index contributed by atoms with van der Waals surface area (Å²) in [4.78, 5) is 64.7. The molecule has 5 aromatic rings. The van der Waals surface area contributed by atoms with Crippen LogP contribution in [0.4, 0.5) is 0 Å². The van der Waals surface area contributed by atoms with Gasteiger partial charge in [-0.15, -0.1) is 32.9 Å². The number of fused-ring (bicyclic) bond motifs is 1. The molecule has 7 rings (SSSR count). The zero-order chi connectivity index (χ0) is 41.8. The van der Waals surface area contributed by atoms with Crippen LogP contribution in [0, 0.1) is 12.3 Å². The molecule has 2 aromatic carbocycles. The summed E-state index contributed by atoms with van der Waals surface area (Å²) in [5, 5.41) is 36.4. The molecule has 2 fully saturated rings. The standard InChI is InChI=1S/C44H51N7O6S2/c1-26-39(58-25-46-26)29-14-12-27(13-15-29)23-45-41(56)34-22-31(52)24-51(34)43(57)40(44(2,3)4)47-37(54)10-7-11-38(55)50-18-16-28(17-19-50)36-21-30-20-33(48-49-42(30)59-36)32-8-5-6-9-35(32)53/h5-6,8-9,12-15,20-21,25,28,31,34,40,52-53H,7,10-11,16-19,22-24H2,1-4H3,(H,45,56)(H,47,54)/t31-,34+,40-/m1/s1. The molecule has 0 unspecified atom stereocenters. The van der Waals surface area contributed by atoms with E-state index in [0.29, 0.717) is 36.7 Å². The number of thiazole rings is 1. The van der Waals surface area contributed by atoms with E-state index >= 15 is 0 Å². The number of phenolic OH excluding ortho intramolecular Hbond substituents is 1. The van der Waals surface area contributed by atoms with Gasteiger partial charge in [-0.2, -0.15) is 0 Å². The lowest BCUT2D eigenvalue weighted by Crippen LogP contribution is -2.57. The molecule has 0 aliphatic carbocycles. The van der Waals surface area contributed by atoms with Crippen molar-refractivity contribution in [3.63, 3.8) is 0 Å². The van der Waals surface area contributed by atoms with Crippen LogP contribution in [0.3, 0.4) is 0 Å². The summed E-state index contributed by atoms with van der Waals surface area (Å²) in [6, 6.07) is 17.2. The van der Waals surface area contributed by atoms with E-state index in [0.717, 1.165) is 44.8 Å². The average Bonchev–Trinajstić information content (AvgIpc) is 3.96. The zero-order valence-corrected chi connectivity index (χ0v) is 35.4. The van der Waals surface area contributed by atoms with E-state index in [2.05, 4.69) is 31.9 Å². The van der Waals surface area contributed by atoms with Gasteiger partial charge >= 0.3 is 0 Å². The van der Waals surface area contributed by atoms with Crippen molar-refractivity contribution >= 4 is 56.5 Å². The summed E-state index contributed by atoms with van der Waals surface area (Å²) in [5.41, 5.74) is 5.29. The number of likely N-dealkylation sites (tertiary alicyclic amines) is 2. The first-order valence-corrected chi connectivity index (χ1v) is 21.8. The third-order valence-electron chi connectivity index (χ3n) is 11.2. The number of nitrogens with one attached hydrogen (secondary N) is 2. The van der Waals surface area contributed by atoms with Gasteiger partial charge in [0, 0.05) is 61.3 Å². The summed E-state index contributed by atoms with van der Waals surface area (Å²) in [5.74, 6) is -0.681. The van der Waals surface area contributed by atoms with Crippen LogP contribution < -0.4 is 10.6 Å². The van der Waals surface area contributed by atoms with E-state index < -0.39 is 29.5 Å². The number of nitrogens with zero attached hydrogens (tertiary/aromatic N) is 5. The Labute approximate surface area is 351 Å². The molecule has 310 valence electrons. The molecule has 3 aromatic heterocycles. The molecule has 2 aliphatic heterocycles. The van der Waals surface area contributed by atoms with Gasteiger partial charge in [0.1, 0.15) is 22.7 Å². The second-order valence-corrected chi connectivity index (χ2v) is 18.5. The Hall–Kier alpha value is -5.25. The van der Waals surface area contributed by atoms with E-state index in [4.69, 9.17) is 0 Å². The van der Waals surface area contributed by atoms with Gasteiger partial charge in [0.05, 0.1) is 27.9 Å². The second-order valence-electron chi connectivity index (χ2n) is 16.6. The van der Waals surface area contributed by atoms with E-state index in [1.807, 2.05) is 80.6 Å². The Balaban J connectivity index is 0.875. The van der Waals surface area contributed by atoms with Crippen molar-refractivity contribution in [2.75, 3.05) is 19.6 Å². The van der Waals surface area contributed by atoms with Gasteiger partial charge in [-0.05, 0) is 72.9 Å². The number of benzene rings is 2. The van der Waals surface area contributed by atoms with E-state index in [-0.39, 0.29) is 55.8 Å². The number of phenols is 1. The molecule has 59 heavy (non-hydrogen) atoms. The van der Waals surface area contributed by atoms with Crippen LogP contribution in [0.1, 0.15) is 81.3 Å². The Morgan fingerprint density at radius 2 is 1.73 bits per heavy atom. The summed E-state index contributed by atoms with van der Waals surface area (Å²) >= 11 is 3.19. The number of carbonyl (C=O) groups excluding carboxylic acids is 4. The molecule has 0 radical (unpaired) electrons. The van der Waals surface area contributed by atoms with Gasteiger partial charge in [0.15, 0.2) is 0 Å². The topological polar surface area (TPSA) is 178 Å². The molecule has 4 amide bonds. The summed E-state index contributed by atoms with van der Waals surface area (Å²) in [7, 11) is 0. The minimum absolute atomic E-state index is 0.0000240. The highest BCUT2D eigenvalue weighted by Gasteiger charge is 2.44. The maximum Gasteiger partial charge on any atom is 0.246 e. The van der Waals surface area contributed by atoms with Gasteiger partial charge in [0.2, 0.25) is 23.6 Å². The molecule has 15 heteroatoms. The number of hydrogen-bond donors (Lipinski definition) is 4. The summed E-state index contributed by atoms with van der Waals surface area (Å²) in [6.45, 7) is 9.01. The largest absolute Gasteiger partial charge is 0.507 e. The molecule has 5 heterocycles. The SMILES string of the molecule is Cc1ncsc1-c1ccc(CNC(=O)[C@@H]2C[C@@H](O)CN2C(=O)[C@@H](NC(=O)CCCC(=O)N2CCC(c3cc4cc(-c5ccccc5O)nnc4s3)CC2)C(C)(C)C)cc1. The normalized spacial score (nSPS) is 17.9. The molecule has 0 spiro atoms. The Morgan fingerprint density at radius 3 is 2.42 bits per heavy atom. The van der Waals surface area contributed by atoms with Crippen LogP contribution in [0.25, 0.3) is 31.9 Å². The predicted molar refractivity (Wildman–Crippen MR) is 229 cm³/mol. The van der Waals surface area contributed by atoms with E-state index in [1.54, 1.807) is 34.8 Å². The molecule has 0 saturated carbocycles. The average molecular weight is 838 g/mol. The monoisotopic (exact) mass is 837 g/mol. The van der Waals surface area contributed by atoms with Crippen molar-refractivity contribution in [2.45, 2.75) is 96.9 Å². The maximum absolute atomic E-state index is 14.0. The lowest BCUT2D eigenvalue weighted by Gasteiger charge is -2.35. The van der Waals surface area contributed by atoms with Gasteiger partial charge in [-0.1, -0.05) is 57.2 Å². The van der Waals surface area contributed by atoms with Crippen LogP contribution in [0.2, 0.25) is 0 Å². The Bertz CT molecular complexity index is 2310. The molecular formula is C44H51N7O6S2. The molecular weight excluding hydrogens is 787 g/mol. The Kier molecular flexibility index (Phi) is 12.7. The number of aryl methyl sites for hydroxylation is 1. The highest BCUT2D eigenvalue weighted by molar-refractivity contribution is 7.18. The number of aromatic hydroxyl groups is 1. The number of para-hydroxylation sites is 1. The van der Waals surface area contributed by atoms with Crippen molar-refractivity contribution in [2.24, 2.45) is 5.41 Å². The molecule has 0 bridgehead atoms. The number of aromatic nitrogens is 3. The van der Waals surface area contributed by atoms with Gasteiger partial charge in [-0.3, -0.25) is 19.2 Å². The van der Waals surface area contributed by atoms with Gasteiger partial charge < -0.3 is 30.6 Å². The molecule has 2 aliphatic rings. The molecule has 4 N–H and O–H groups in total. The van der Waals surface area contributed by atoms with Crippen LogP contribution in [0.5, 0.6) is 5.75 Å². The number of piperidine rings is 1. The van der Waals surface area contributed by atoms with Crippen molar-refractivity contribution < 1.29 is 29.4 Å². The van der Waals surface area contributed by atoms with Crippen molar-refractivity contribution in [3.05, 3.63) is 82.3 Å². The van der Waals surface area contributed by atoms with Gasteiger partial charge in [0.25, 0.3) is 0 Å². The first kappa shape index (κ1) is 41.9. The first-order valence-electron chi connectivity index (χ1n) is 20.1. The first-order chi connectivity index (χ1) is 28.2. The minimum Gasteiger partial charge on any atom is -0.507 e. The van der Waals surface area contributed by atoms with Crippen molar-refractivity contribution in [3.8, 4) is 27.4 Å². The number of carbonyl (C=O) groups is 4. The number of rotatable bonds is 12. The fourth-order valence-corrected chi connectivity index (χ4v) is 9.82. The fraction of sp³-hybridized carbons (Fsp3) is 0.432. The maximum atomic E-state index is 14.0. The summed E-state index contributed by atoms with van der Waals surface area (Å²) < 4.78 is 0. The molecule has 13 nitrogen and oxygen atoms in total. The van der Waals surface area contributed by atoms with Gasteiger partial charge in [-0.25, -0.2) is 4.98 Å². The van der Waals surface area contributed by atoms with Crippen LogP contribution >= 0.6 is 22.7 Å². The lowest BCUT2D eigenvalue weighted by atomic mass is 9.85. The van der Waals surface area contributed by atoms with Crippen LogP contribution in [-0.4, -0.2) is 96.6 Å². The van der Waals surface area contributed by atoms with Crippen LogP contribution in [-0.2, 0) is 25.7 Å².